The van der Waals surface area contributed by atoms with E-state index < -0.39 is 45.8 Å². The Morgan fingerprint density at radius 2 is 0.792 bits per heavy atom. The fourth-order valence-electron chi connectivity index (χ4n) is 7.06. The molecule has 0 unspecified atom stereocenters. The second kappa shape index (κ2) is 10.3. The molecule has 0 aliphatic rings. The Balaban J connectivity index is 1.49. The van der Waals surface area contributed by atoms with E-state index in [9.17, 15) is 35.7 Å². The molecule has 7 aromatic carbocycles. The molecule has 0 atom stereocenters. The molecule has 1 heterocycles. The van der Waals surface area contributed by atoms with Gasteiger partial charge < -0.3 is 40.2 Å². The van der Waals surface area contributed by atoms with Gasteiger partial charge in [-0.05, 0) is 38.5 Å². The minimum absolute atomic E-state index is 0.0900. The number of aromatic hydroxyl groups is 7. The van der Waals surface area contributed by atoms with Gasteiger partial charge in [-0.15, -0.1) is 0 Å². The highest BCUT2D eigenvalue weighted by Gasteiger charge is 2.32. The van der Waals surface area contributed by atoms with Crippen LogP contribution in [0, 0.1) is 0 Å². The van der Waals surface area contributed by atoms with Gasteiger partial charge in [0.2, 0.25) is 0 Å². The molecule has 0 saturated carbocycles. The molecule has 0 fully saturated rings. The van der Waals surface area contributed by atoms with Crippen LogP contribution in [0.2, 0.25) is 0 Å². The Morgan fingerprint density at radius 3 is 1.35 bits per heavy atom. The van der Waals surface area contributed by atoms with Gasteiger partial charge in [-0.2, -0.15) is 0 Å². The minimum atomic E-state index is -0.840. The maximum Gasteiger partial charge on any atom is 0.170 e. The molecule has 0 radical (unpaired) electrons. The zero-order valence-electron chi connectivity index (χ0n) is 25.7. The lowest BCUT2D eigenvalue weighted by Crippen LogP contribution is -2.16. The first-order valence-corrected chi connectivity index (χ1v) is 15.2. The van der Waals surface area contributed by atoms with Crippen LogP contribution in [0.4, 0.5) is 0 Å². The highest BCUT2D eigenvalue weighted by molar-refractivity contribution is 6.44. The first kappa shape index (κ1) is 29.0. The van der Waals surface area contributed by atoms with Crippen LogP contribution >= 0.6 is 0 Å². The van der Waals surface area contributed by atoms with E-state index in [1.807, 2.05) is 91.0 Å². The van der Waals surface area contributed by atoms with Crippen molar-refractivity contribution in [1.29, 1.82) is 0 Å². The number of rotatable bonds is 3. The molecule has 7 N–H and O–H groups in total. The summed E-state index contributed by atoms with van der Waals surface area (Å²) in [6.07, 6.45) is 0. The Labute approximate surface area is 274 Å². The quantitative estimate of drug-likeness (QED) is 0.0596. The highest BCUT2D eigenvalue weighted by atomic mass is 16.3. The van der Waals surface area contributed by atoms with E-state index in [1.54, 1.807) is 0 Å². The van der Waals surface area contributed by atoms with Crippen LogP contribution in [0.15, 0.2) is 95.4 Å². The molecule has 1 aromatic heterocycles. The number of phenolic OH excluding ortho intramolecular Hbond substituents is 7. The molecule has 8 nitrogen and oxygen atoms in total. The lowest BCUT2D eigenvalue weighted by Gasteiger charge is -2.22. The molecule has 0 amide bonds. The zero-order valence-corrected chi connectivity index (χ0v) is 25.7. The topological polar surface area (TPSA) is 155 Å². The standard InChI is InChI=1S/C38H26B2O8/c39-29-26(31(41)30(40)37(47)36(29)46)28-34(44)32(42)27(33(43)35(28)45)25-19-11-3-1-9-17(19)24(18-10-2-4-12-20(18)25)22-14-7-13-21-16-8-5-6-15-23(16)48-38(21)22/h1-15,41-47H,39-40H2. The molecule has 232 valence electrons. The van der Waals surface area contributed by atoms with E-state index in [4.69, 9.17) is 4.42 Å². The van der Waals surface area contributed by atoms with Crippen LogP contribution in [0.3, 0.4) is 0 Å². The van der Waals surface area contributed by atoms with Gasteiger partial charge in [0.05, 0.1) is 11.1 Å². The molecule has 0 aliphatic carbocycles. The molecule has 0 saturated heterocycles. The second-order valence-electron chi connectivity index (χ2n) is 11.9. The van der Waals surface area contributed by atoms with Crippen LogP contribution in [0.1, 0.15) is 0 Å². The van der Waals surface area contributed by atoms with Gasteiger partial charge in [-0.25, -0.2) is 0 Å². The number of furan rings is 1. The summed E-state index contributed by atoms with van der Waals surface area (Å²) < 4.78 is 6.42. The van der Waals surface area contributed by atoms with Crippen LogP contribution < -0.4 is 10.9 Å². The third kappa shape index (κ3) is 3.80. The summed E-state index contributed by atoms with van der Waals surface area (Å²) in [5.74, 6) is -4.92. The predicted octanol–water partition coefficient (Wildman–Crippen LogP) is 5.35. The van der Waals surface area contributed by atoms with Gasteiger partial charge in [-0.1, -0.05) is 84.9 Å². The van der Waals surface area contributed by atoms with Crippen LogP contribution in [0.25, 0.3) is 76.9 Å². The molecular formula is C38H26B2O8. The fourth-order valence-corrected chi connectivity index (χ4v) is 7.06. The Hall–Kier alpha value is -6.41. The summed E-state index contributed by atoms with van der Waals surface area (Å²) in [5.41, 5.74) is 2.28. The van der Waals surface area contributed by atoms with E-state index in [1.165, 1.54) is 15.7 Å². The van der Waals surface area contributed by atoms with E-state index >= 15 is 0 Å². The number of para-hydroxylation sites is 2. The van der Waals surface area contributed by atoms with Gasteiger partial charge in [-0.3, -0.25) is 0 Å². The van der Waals surface area contributed by atoms with E-state index in [0.29, 0.717) is 21.9 Å². The number of hydrogen-bond acceptors (Lipinski definition) is 8. The summed E-state index contributed by atoms with van der Waals surface area (Å²) in [4.78, 5) is 0. The summed E-state index contributed by atoms with van der Waals surface area (Å²) >= 11 is 0. The van der Waals surface area contributed by atoms with Crippen LogP contribution in [-0.4, -0.2) is 51.4 Å². The number of benzene rings is 7. The van der Waals surface area contributed by atoms with Gasteiger partial charge in [0.25, 0.3) is 0 Å². The van der Waals surface area contributed by atoms with E-state index in [-0.39, 0.29) is 22.1 Å². The van der Waals surface area contributed by atoms with Crippen molar-refractivity contribution in [2.24, 2.45) is 0 Å². The summed E-state index contributed by atoms with van der Waals surface area (Å²) in [6, 6.07) is 28.7. The fraction of sp³-hybridized carbons (Fsp3) is 0. The molecule has 8 aromatic rings. The Morgan fingerprint density at radius 1 is 0.354 bits per heavy atom. The van der Waals surface area contributed by atoms with Crippen molar-refractivity contribution < 1.29 is 40.2 Å². The van der Waals surface area contributed by atoms with Crippen LogP contribution in [-0.2, 0) is 0 Å². The highest BCUT2D eigenvalue weighted by Crippen LogP contribution is 2.59. The number of phenols is 7. The average molecular weight is 632 g/mol. The van der Waals surface area contributed by atoms with Crippen molar-refractivity contribution in [2.45, 2.75) is 0 Å². The molecule has 0 bridgehead atoms. The van der Waals surface area contributed by atoms with Crippen molar-refractivity contribution in [2.75, 3.05) is 0 Å². The minimum Gasteiger partial charge on any atom is -0.508 e. The van der Waals surface area contributed by atoms with Crippen molar-refractivity contribution in [3.63, 3.8) is 0 Å². The number of fused-ring (bicyclic) bond motifs is 5. The van der Waals surface area contributed by atoms with E-state index in [2.05, 4.69) is 0 Å². The maximum absolute atomic E-state index is 11.7. The third-order valence-corrected chi connectivity index (χ3v) is 9.40. The monoisotopic (exact) mass is 632 g/mol. The Kier molecular flexibility index (Phi) is 6.23. The second-order valence-corrected chi connectivity index (χ2v) is 11.9. The average Bonchev–Trinajstić information content (AvgIpc) is 3.49. The molecule has 0 aliphatic heterocycles. The lowest BCUT2D eigenvalue weighted by molar-refractivity contribution is 0.377. The molecule has 0 spiro atoms. The van der Waals surface area contributed by atoms with Crippen LogP contribution in [0.5, 0.6) is 40.2 Å². The maximum atomic E-state index is 11.7. The zero-order chi connectivity index (χ0) is 33.6. The van der Waals surface area contributed by atoms with Gasteiger partial charge in [0.15, 0.2) is 34.5 Å². The van der Waals surface area contributed by atoms with Crippen molar-refractivity contribution >= 4 is 70.1 Å². The summed E-state index contributed by atoms with van der Waals surface area (Å²) in [7, 11) is 2.69. The smallest absolute Gasteiger partial charge is 0.170 e. The summed E-state index contributed by atoms with van der Waals surface area (Å²) in [5, 5.41) is 82.6. The SMILES string of the molecule is Bc1c(O)c(O)c(B)c(-c2c(O)c(O)c(-c3c4ccccc4c(-c4cccc5c4oc4ccccc45)c4ccccc34)c(O)c2O)c1O. The summed E-state index contributed by atoms with van der Waals surface area (Å²) in [6.45, 7) is 0. The molecule has 48 heavy (non-hydrogen) atoms. The largest absolute Gasteiger partial charge is 0.508 e. The molecule has 8 rings (SSSR count). The third-order valence-electron chi connectivity index (χ3n) is 9.40. The van der Waals surface area contributed by atoms with Crippen molar-refractivity contribution in [3.05, 3.63) is 91.0 Å². The van der Waals surface area contributed by atoms with Crippen molar-refractivity contribution in [3.8, 4) is 73.6 Å². The van der Waals surface area contributed by atoms with Gasteiger partial charge >= 0.3 is 0 Å². The first-order chi connectivity index (χ1) is 23.1. The number of hydrogen-bond donors (Lipinski definition) is 7. The van der Waals surface area contributed by atoms with E-state index in [0.717, 1.165) is 38.3 Å². The Bertz CT molecular complexity index is 2560. The first-order valence-electron chi connectivity index (χ1n) is 15.2. The van der Waals surface area contributed by atoms with Gasteiger partial charge in [0.1, 0.15) is 32.6 Å². The lowest BCUT2D eigenvalue weighted by atomic mass is 9.78. The van der Waals surface area contributed by atoms with Crippen molar-refractivity contribution in [1.82, 2.24) is 0 Å². The molecule has 10 heteroatoms. The van der Waals surface area contributed by atoms with Gasteiger partial charge in [0, 0.05) is 33.0 Å². The normalized spacial score (nSPS) is 11.7. The predicted molar refractivity (Wildman–Crippen MR) is 193 cm³/mol. The molecular weight excluding hydrogens is 606 g/mol.